The minimum absolute atomic E-state index is 0. The first-order valence-electron chi connectivity index (χ1n) is 7.94. The van der Waals surface area contributed by atoms with Gasteiger partial charge in [-0.2, -0.15) is 0 Å². The first-order valence-corrected chi connectivity index (χ1v) is 7.94. The lowest BCUT2D eigenvalue weighted by molar-refractivity contribution is -0.130. The summed E-state index contributed by atoms with van der Waals surface area (Å²) >= 11 is 0. The molecule has 2 amide bonds. The molecule has 0 bridgehead atoms. The maximum absolute atomic E-state index is 12.2. The summed E-state index contributed by atoms with van der Waals surface area (Å²) < 4.78 is 0. The second-order valence-corrected chi connectivity index (χ2v) is 5.96. The number of fused-ring (bicyclic) bond motifs is 1. The van der Waals surface area contributed by atoms with Crippen LogP contribution in [0.3, 0.4) is 0 Å². The van der Waals surface area contributed by atoms with Crippen LogP contribution >= 0.6 is 12.4 Å². The van der Waals surface area contributed by atoms with Gasteiger partial charge in [0.05, 0.1) is 0 Å². The van der Waals surface area contributed by atoms with Crippen LogP contribution in [0.2, 0.25) is 0 Å². The van der Waals surface area contributed by atoms with E-state index in [1.54, 1.807) is 11.0 Å². The first-order chi connectivity index (χ1) is 11.1. The van der Waals surface area contributed by atoms with Crippen LogP contribution in [-0.2, 0) is 4.79 Å². The van der Waals surface area contributed by atoms with Crippen LogP contribution in [-0.4, -0.2) is 42.4 Å². The summed E-state index contributed by atoms with van der Waals surface area (Å²) in [7, 11) is 0. The molecule has 6 heteroatoms. The summed E-state index contributed by atoms with van der Waals surface area (Å²) in [5.74, 6) is -0.0987. The number of nitrogens with two attached hydrogens (primary N) is 1. The van der Waals surface area contributed by atoms with E-state index in [4.69, 9.17) is 5.73 Å². The quantitative estimate of drug-likeness (QED) is 0.887. The van der Waals surface area contributed by atoms with E-state index in [1.165, 1.54) is 0 Å². The molecule has 0 aromatic heterocycles. The minimum Gasteiger partial charge on any atom is -0.352 e. The van der Waals surface area contributed by atoms with Gasteiger partial charge < -0.3 is 16.0 Å². The number of likely N-dealkylation sites (tertiary alicyclic amines) is 1. The molecular formula is C18H22ClN3O2. The van der Waals surface area contributed by atoms with E-state index in [2.05, 4.69) is 5.32 Å². The Labute approximate surface area is 147 Å². The molecule has 0 aliphatic carbocycles. The normalized spacial score (nSPS) is 16.7. The van der Waals surface area contributed by atoms with E-state index in [-0.39, 0.29) is 30.3 Å². The van der Waals surface area contributed by atoms with Crippen LogP contribution in [0.5, 0.6) is 0 Å². The van der Waals surface area contributed by atoms with E-state index < -0.39 is 0 Å². The first kappa shape index (κ1) is 18.2. The van der Waals surface area contributed by atoms with Gasteiger partial charge in [-0.3, -0.25) is 9.59 Å². The fraction of sp³-hybridized carbons (Fsp3) is 0.333. The molecule has 3 N–H and O–H groups in total. The van der Waals surface area contributed by atoms with Crippen LogP contribution in [0.25, 0.3) is 10.8 Å². The lowest BCUT2D eigenvalue weighted by atomic mass is 10.1. The topological polar surface area (TPSA) is 75.4 Å². The van der Waals surface area contributed by atoms with Crippen molar-refractivity contribution in [2.75, 3.05) is 19.6 Å². The molecule has 128 valence electrons. The van der Waals surface area contributed by atoms with Gasteiger partial charge in [-0.1, -0.05) is 30.3 Å². The zero-order valence-corrected chi connectivity index (χ0v) is 14.2. The lowest BCUT2D eigenvalue weighted by Gasteiger charge is -2.15. The predicted octanol–water partition coefficient (Wildman–Crippen LogP) is 1.94. The zero-order chi connectivity index (χ0) is 16.2. The van der Waals surface area contributed by atoms with Crippen molar-refractivity contribution in [3.05, 3.63) is 48.0 Å². The van der Waals surface area contributed by atoms with Gasteiger partial charge in [0, 0.05) is 37.7 Å². The number of carbonyl (C=O) groups is 2. The second-order valence-electron chi connectivity index (χ2n) is 5.96. The molecule has 3 rings (SSSR count). The highest BCUT2D eigenvalue weighted by atomic mass is 35.5. The Morgan fingerprint density at radius 1 is 1.17 bits per heavy atom. The Morgan fingerprint density at radius 2 is 1.92 bits per heavy atom. The second kappa shape index (κ2) is 8.13. The number of rotatable bonds is 4. The number of benzene rings is 2. The fourth-order valence-electron chi connectivity index (χ4n) is 2.89. The molecule has 0 saturated carbocycles. The smallest absolute Gasteiger partial charge is 0.251 e. The van der Waals surface area contributed by atoms with Crippen molar-refractivity contribution in [2.24, 2.45) is 5.73 Å². The van der Waals surface area contributed by atoms with Gasteiger partial charge in [-0.05, 0) is 29.3 Å². The van der Waals surface area contributed by atoms with Crippen LogP contribution in [0.4, 0.5) is 0 Å². The van der Waals surface area contributed by atoms with E-state index in [1.807, 2.05) is 36.4 Å². The van der Waals surface area contributed by atoms with Crippen molar-refractivity contribution in [2.45, 2.75) is 18.9 Å². The van der Waals surface area contributed by atoms with Crippen molar-refractivity contribution in [1.29, 1.82) is 0 Å². The van der Waals surface area contributed by atoms with Gasteiger partial charge in [-0.25, -0.2) is 0 Å². The number of nitrogens with one attached hydrogen (secondary N) is 1. The number of hydrogen-bond acceptors (Lipinski definition) is 3. The highest BCUT2D eigenvalue weighted by Gasteiger charge is 2.23. The molecule has 5 nitrogen and oxygen atoms in total. The molecule has 1 aliphatic rings. The van der Waals surface area contributed by atoms with E-state index in [9.17, 15) is 9.59 Å². The van der Waals surface area contributed by atoms with Crippen LogP contribution < -0.4 is 11.1 Å². The largest absolute Gasteiger partial charge is 0.352 e. The third-order valence-electron chi connectivity index (χ3n) is 4.21. The zero-order valence-electron chi connectivity index (χ0n) is 13.4. The lowest BCUT2D eigenvalue weighted by Crippen LogP contribution is -2.34. The Kier molecular flexibility index (Phi) is 6.17. The standard InChI is InChI=1S/C18H21N3O2.ClH/c19-16-8-10-21(12-16)17(22)7-9-20-18(23)15-6-5-13-3-1-2-4-14(13)11-15;/h1-6,11,16H,7-10,12,19H2,(H,20,23);1H/t16-;/m1./s1. The van der Waals surface area contributed by atoms with Crippen molar-refractivity contribution >= 4 is 35.0 Å². The Hall–Kier alpha value is -2.11. The Balaban J connectivity index is 0.00000208. The van der Waals surface area contributed by atoms with Gasteiger partial charge in [0.15, 0.2) is 0 Å². The maximum Gasteiger partial charge on any atom is 0.251 e. The summed E-state index contributed by atoms with van der Waals surface area (Å²) in [5, 5.41) is 4.94. The number of carbonyl (C=O) groups excluding carboxylic acids is 2. The van der Waals surface area contributed by atoms with Crippen molar-refractivity contribution < 1.29 is 9.59 Å². The van der Waals surface area contributed by atoms with Gasteiger partial charge in [0.25, 0.3) is 5.91 Å². The molecule has 1 saturated heterocycles. The molecule has 1 fully saturated rings. The monoisotopic (exact) mass is 347 g/mol. The Morgan fingerprint density at radius 3 is 2.62 bits per heavy atom. The molecular weight excluding hydrogens is 326 g/mol. The van der Waals surface area contributed by atoms with Gasteiger partial charge >= 0.3 is 0 Å². The highest BCUT2D eigenvalue weighted by molar-refractivity contribution is 5.98. The summed E-state index contributed by atoms with van der Waals surface area (Å²) in [6.07, 6.45) is 1.17. The van der Waals surface area contributed by atoms with Gasteiger partial charge in [0.1, 0.15) is 0 Å². The van der Waals surface area contributed by atoms with Crippen molar-refractivity contribution in [1.82, 2.24) is 10.2 Å². The summed E-state index contributed by atoms with van der Waals surface area (Å²) in [4.78, 5) is 26.0. The molecule has 1 heterocycles. The third-order valence-corrected chi connectivity index (χ3v) is 4.21. The summed E-state index contributed by atoms with van der Waals surface area (Å²) in [6, 6.07) is 13.6. The minimum atomic E-state index is -0.151. The molecule has 24 heavy (non-hydrogen) atoms. The number of halogens is 1. The van der Waals surface area contributed by atoms with Crippen LogP contribution in [0.15, 0.2) is 42.5 Å². The van der Waals surface area contributed by atoms with Gasteiger partial charge in [-0.15, -0.1) is 12.4 Å². The number of hydrogen-bond donors (Lipinski definition) is 2. The van der Waals surface area contributed by atoms with E-state index in [0.29, 0.717) is 25.1 Å². The van der Waals surface area contributed by atoms with Gasteiger partial charge in [0.2, 0.25) is 5.91 Å². The van der Waals surface area contributed by atoms with Crippen LogP contribution in [0.1, 0.15) is 23.2 Å². The molecule has 1 atom stereocenters. The van der Waals surface area contributed by atoms with Crippen molar-refractivity contribution in [3.63, 3.8) is 0 Å². The highest BCUT2D eigenvalue weighted by Crippen LogP contribution is 2.15. The molecule has 0 spiro atoms. The van der Waals surface area contributed by atoms with E-state index >= 15 is 0 Å². The molecule has 0 unspecified atom stereocenters. The molecule has 2 aromatic carbocycles. The SMILES string of the molecule is Cl.N[C@@H]1CCN(C(=O)CCNC(=O)c2ccc3ccccc3c2)C1. The Bertz CT molecular complexity index is 735. The average Bonchev–Trinajstić information content (AvgIpc) is 3.00. The number of nitrogens with zero attached hydrogens (tertiary/aromatic N) is 1. The van der Waals surface area contributed by atoms with Crippen molar-refractivity contribution in [3.8, 4) is 0 Å². The summed E-state index contributed by atoms with van der Waals surface area (Å²) in [5.41, 5.74) is 6.41. The van der Waals surface area contributed by atoms with E-state index in [0.717, 1.165) is 23.7 Å². The number of amides is 2. The molecule has 2 aromatic rings. The average molecular weight is 348 g/mol. The third kappa shape index (κ3) is 4.24. The predicted molar refractivity (Wildman–Crippen MR) is 97.3 cm³/mol. The summed E-state index contributed by atoms with van der Waals surface area (Å²) in [6.45, 7) is 1.69. The molecule has 1 aliphatic heterocycles. The maximum atomic E-state index is 12.2. The fourth-order valence-corrected chi connectivity index (χ4v) is 2.89. The molecule has 0 radical (unpaired) electrons. The van der Waals surface area contributed by atoms with Crippen LogP contribution in [0, 0.1) is 0 Å².